The standard InChI is InChI=1S/C11H17N3/c1-9-3-4-11(8-13-9)14-6-5-12-7-10(14)2/h3-4,8,10,12H,5-7H2,1-2H3. The number of anilines is 1. The first-order valence-electron chi connectivity index (χ1n) is 5.17. The minimum Gasteiger partial charge on any atom is -0.365 e. The smallest absolute Gasteiger partial charge is 0.0556 e. The zero-order chi connectivity index (χ0) is 9.97. The Morgan fingerprint density at radius 3 is 3.00 bits per heavy atom. The van der Waals surface area contributed by atoms with Gasteiger partial charge in [0, 0.05) is 31.4 Å². The third-order valence-electron chi connectivity index (χ3n) is 2.73. The molecule has 1 unspecified atom stereocenters. The Hall–Kier alpha value is -1.09. The Labute approximate surface area is 85.1 Å². The normalized spacial score (nSPS) is 22.4. The molecular weight excluding hydrogens is 174 g/mol. The Balaban J connectivity index is 2.16. The molecule has 3 heteroatoms. The van der Waals surface area contributed by atoms with Crippen LogP contribution in [0.25, 0.3) is 0 Å². The quantitative estimate of drug-likeness (QED) is 0.722. The van der Waals surface area contributed by atoms with E-state index in [0.29, 0.717) is 6.04 Å². The molecule has 2 heterocycles. The molecule has 2 rings (SSSR count). The number of piperazine rings is 1. The van der Waals surface area contributed by atoms with Gasteiger partial charge in [-0.05, 0) is 26.0 Å². The van der Waals surface area contributed by atoms with Gasteiger partial charge in [-0.3, -0.25) is 4.98 Å². The summed E-state index contributed by atoms with van der Waals surface area (Å²) in [6.45, 7) is 7.47. The molecule has 3 nitrogen and oxygen atoms in total. The van der Waals surface area contributed by atoms with Crippen molar-refractivity contribution in [2.45, 2.75) is 19.9 Å². The predicted octanol–water partition coefficient (Wildman–Crippen LogP) is 1.19. The molecule has 0 amide bonds. The second kappa shape index (κ2) is 3.96. The molecule has 1 N–H and O–H groups in total. The first-order valence-corrected chi connectivity index (χ1v) is 5.17. The lowest BCUT2D eigenvalue weighted by Crippen LogP contribution is -2.49. The van der Waals surface area contributed by atoms with Crippen LogP contribution in [0, 0.1) is 6.92 Å². The van der Waals surface area contributed by atoms with Crippen LogP contribution in [0.1, 0.15) is 12.6 Å². The molecule has 1 aromatic rings. The van der Waals surface area contributed by atoms with E-state index < -0.39 is 0 Å². The van der Waals surface area contributed by atoms with Crippen LogP contribution in [0.2, 0.25) is 0 Å². The van der Waals surface area contributed by atoms with E-state index in [1.54, 1.807) is 0 Å². The second-order valence-electron chi connectivity index (χ2n) is 3.90. The summed E-state index contributed by atoms with van der Waals surface area (Å²) in [6.07, 6.45) is 1.97. The number of nitrogens with one attached hydrogen (secondary N) is 1. The van der Waals surface area contributed by atoms with Crippen LogP contribution in [0.4, 0.5) is 5.69 Å². The van der Waals surface area contributed by atoms with Crippen molar-refractivity contribution >= 4 is 5.69 Å². The molecule has 1 aromatic heterocycles. The molecule has 1 fully saturated rings. The van der Waals surface area contributed by atoms with Crippen molar-refractivity contribution < 1.29 is 0 Å². The first kappa shape index (κ1) is 9.46. The van der Waals surface area contributed by atoms with Crippen molar-refractivity contribution in [3.05, 3.63) is 24.0 Å². The van der Waals surface area contributed by atoms with E-state index in [-0.39, 0.29) is 0 Å². The van der Waals surface area contributed by atoms with E-state index in [2.05, 4.69) is 34.3 Å². The van der Waals surface area contributed by atoms with Gasteiger partial charge in [-0.1, -0.05) is 0 Å². The molecule has 0 radical (unpaired) electrons. The summed E-state index contributed by atoms with van der Waals surface area (Å²) in [5.41, 5.74) is 2.32. The van der Waals surface area contributed by atoms with Gasteiger partial charge >= 0.3 is 0 Å². The third-order valence-corrected chi connectivity index (χ3v) is 2.73. The summed E-state index contributed by atoms with van der Waals surface area (Å²) in [5, 5.41) is 3.38. The Kier molecular flexibility index (Phi) is 2.68. The minimum absolute atomic E-state index is 0.563. The molecule has 1 aliphatic rings. The van der Waals surface area contributed by atoms with Gasteiger partial charge in [-0.25, -0.2) is 0 Å². The average molecular weight is 191 g/mol. The number of rotatable bonds is 1. The summed E-state index contributed by atoms with van der Waals surface area (Å²) < 4.78 is 0. The van der Waals surface area contributed by atoms with Crippen LogP contribution >= 0.6 is 0 Å². The van der Waals surface area contributed by atoms with E-state index in [0.717, 1.165) is 25.3 Å². The lowest BCUT2D eigenvalue weighted by molar-refractivity contribution is 0.500. The van der Waals surface area contributed by atoms with Gasteiger partial charge in [0.2, 0.25) is 0 Å². The predicted molar refractivity (Wildman–Crippen MR) is 58.7 cm³/mol. The van der Waals surface area contributed by atoms with Crippen molar-refractivity contribution in [1.82, 2.24) is 10.3 Å². The molecule has 0 aliphatic carbocycles. The number of aryl methyl sites for hydroxylation is 1. The van der Waals surface area contributed by atoms with E-state index >= 15 is 0 Å². The minimum atomic E-state index is 0.563. The highest BCUT2D eigenvalue weighted by Gasteiger charge is 2.17. The topological polar surface area (TPSA) is 28.2 Å². The van der Waals surface area contributed by atoms with Crippen LogP contribution in [0.15, 0.2) is 18.3 Å². The zero-order valence-corrected chi connectivity index (χ0v) is 8.83. The van der Waals surface area contributed by atoms with E-state index in [1.807, 2.05) is 13.1 Å². The number of hydrogen-bond donors (Lipinski definition) is 1. The van der Waals surface area contributed by atoms with Crippen molar-refractivity contribution in [1.29, 1.82) is 0 Å². The van der Waals surface area contributed by atoms with Gasteiger partial charge < -0.3 is 10.2 Å². The molecule has 1 saturated heterocycles. The van der Waals surface area contributed by atoms with Gasteiger partial charge in [0.15, 0.2) is 0 Å². The molecular formula is C11H17N3. The van der Waals surface area contributed by atoms with Gasteiger partial charge in [-0.15, -0.1) is 0 Å². The van der Waals surface area contributed by atoms with Crippen LogP contribution in [-0.2, 0) is 0 Å². The Morgan fingerprint density at radius 2 is 2.36 bits per heavy atom. The second-order valence-corrected chi connectivity index (χ2v) is 3.90. The molecule has 76 valence electrons. The summed E-state index contributed by atoms with van der Waals surface area (Å²) in [7, 11) is 0. The van der Waals surface area contributed by atoms with Crippen molar-refractivity contribution in [2.24, 2.45) is 0 Å². The lowest BCUT2D eigenvalue weighted by atomic mass is 10.2. The molecule has 1 atom stereocenters. The fraction of sp³-hybridized carbons (Fsp3) is 0.545. The van der Waals surface area contributed by atoms with E-state index in [9.17, 15) is 0 Å². The fourth-order valence-corrected chi connectivity index (χ4v) is 1.85. The van der Waals surface area contributed by atoms with Crippen LogP contribution < -0.4 is 10.2 Å². The molecule has 0 spiro atoms. The Bertz CT molecular complexity index is 294. The monoisotopic (exact) mass is 191 g/mol. The fourth-order valence-electron chi connectivity index (χ4n) is 1.85. The SMILES string of the molecule is Cc1ccc(N2CCNCC2C)cn1. The molecule has 0 aromatic carbocycles. The molecule has 1 aliphatic heterocycles. The van der Waals surface area contributed by atoms with Gasteiger partial charge in [0.1, 0.15) is 0 Å². The van der Waals surface area contributed by atoms with Gasteiger partial charge in [-0.2, -0.15) is 0 Å². The highest BCUT2D eigenvalue weighted by molar-refractivity contribution is 5.46. The first-order chi connectivity index (χ1) is 6.77. The Morgan fingerprint density at radius 1 is 1.50 bits per heavy atom. The number of aromatic nitrogens is 1. The number of hydrogen-bond acceptors (Lipinski definition) is 3. The molecule has 0 bridgehead atoms. The third kappa shape index (κ3) is 1.87. The van der Waals surface area contributed by atoms with Crippen LogP contribution in [0.3, 0.4) is 0 Å². The average Bonchev–Trinajstić information content (AvgIpc) is 2.20. The van der Waals surface area contributed by atoms with Gasteiger partial charge in [0.25, 0.3) is 0 Å². The largest absolute Gasteiger partial charge is 0.365 e. The molecule has 14 heavy (non-hydrogen) atoms. The van der Waals surface area contributed by atoms with Crippen LogP contribution in [0.5, 0.6) is 0 Å². The lowest BCUT2D eigenvalue weighted by Gasteiger charge is -2.35. The maximum atomic E-state index is 4.33. The number of pyridine rings is 1. The van der Waals surface area contributed by atoms with Gasteiger partial charge in [0.05, 0.1) is 11.9 Å². The maximum absolute atomic E-state index is 4.33. The zero-order valence-electron chi connectivity index (χ0n) is 8.83. The van der Waals surface area contributed by atoms with Crippen LogP contribution in [-0.4, -0.2) is 30.7 Å². The molecule has 0 saturated carbocycles. The highest BCUT2D eigenvalue weighted by Crippen LogP contribution is 2.16. The highest BCUT2D eigenvalue weighted by atomic mass is 15.2. The van der Waals surface area contributed by atoms with E-state index in [4.69, 9.17) is 0 Å². The van der Waals surface area contributed by atoms with Crippen molar-refractivity contribution in [2.75, 3.05) is 24.5 Å². The van der Waals surface area contributed by atoms with Crippen molar-refractivity contribution in [3.63, 3.8) is 0 Å². The van der Waals surface area contributed by atoms with Crippen molar-refractivity contribution in [3.8, 4) is 0 Å². The summed E-state index contributed by atoms with van der Waals surface area (Å²) >= 11 is 0. The number of nitrogens with zero attached hydrogens (tertiary/aromatic N) is 2. The summed E-state index contributed by atoms with van der Waals surface area (Å²) in [5.74, 6) is 0. The summed E-state index contributed by atoms with van der Waals surface area (Å²) in [6, 6.07) is 4.79. The summed E-state index contributed by atoms with van der Waals surface area (Å²) in [4.78, 5) is 6.73. The van der Waals surface area contributed by atoms with E-state index in [1.165, 1.54) is 5.69 Å². The maximum Gasteiger partial charge on any atom is 0.0556 e.